The van der Waals surface area contributed by atoms with Gasteiger partial charge in [0.1, 0.15) is 12.4 Å². The first kappa shape index (κ1) is 19.3. The number of anilines is 1. The van der Waals surface area contributed by atoms with E-state index in [-0.39, 0.29) is 24.7 Å². The smallest absolute Gasteiger partial charge is 0.234 e. The predicted molar refractivity (Wildman–Crippen MR) is 100 cm³/mol. The van der Waals surface area contributed by atoms with E-state index in [1.165, 1.54) is 11.2 Å². The van der Waals surface area contributed by atoms with Gasteiger partial charge in [-0.15, -0.1) is 0 Å². The zero-order valence-corrected chi connectivity index (χ0v) is 15.7. The van der Waals surface area contributed by atoms with Crippen LogP contribution in [0.25, 0.3) is 0 Å². The number of carbonyl (C=O) groups is 1. The van der Waals surface area contributed by atoms with Crippen molar-refractivity contribution in [3.8, 4) is 5.75 Å². The molecule has 5 nitrogen and oxygen atoms in total. The van der Waals surface area contributed by atoms with E-state index in [1.54, 1.807) is 55.5 Å². The number of ketones is 1. The van der Waals surface area contributed by atoms with Crippen molar-refractivity contribution in [3.63, 3.8) is 0 Å². The molecule has 0 aliphatic carbocycles. The lowest BCUT2D eigenvalue weighted by molar-refractivity contribution is 0.101. The molecule has 25 heavy (non-hydrogen) atoms. The fraction of sp³-hybridized carbons (Fsp3) is 0.278. The SMILES string of the molecule is CCS(=O)(=O)N(CCOc1cccc(Cl)c1)c1ccc(C(C)=O)cc1. The first-order valence-electron chi connectivity index (χ1n) is 7.83. The third-order valence-corrected chi connectivity index (χ3v) is 5.65. The lowest BCUT2D eigenvalue weighted by Crippen LogP contribution is -2.35. The maximum absolute atomic E-state index is 12.4. The Morgan fingerprint density at radius 2 is 1.84 bits per heavy atom. The lowest BCUT2D eigenvalue weighted by atomic mass is 10.1. The number of sulfonamides is 1. The first-order chi connectivity index (χ1) is 11.8. The largest absolute Gasteiger partial charge is 0.492 e. The minimum absolute atomic E-state index is 0.0291. The standard InChI is InChI=1S/C18H20ClNO4S/c1-3-25(22,23)20(17-9-7-15(8-10-17)14(2)21)11-12-24-18-6-4-5-16(19)13-18/h4-10,13H,3,11-12H2,1-2H3. The van der Waals surface area contributed by atoms with Gasteiger partial charge in [0.25, 0.3) is 0 Å². The maximum atomic E-state index is 12.4. The van der Waals surface area contributed by atoms with E-state index in [2.05, 4.69) is 0 Å². The van der Waals surface area contributed by atoms with Gasteiger partial charge >= 0.3 is 0 Å². The molecule has 0 radical (unpaired) electrons. The van der Waals surface area contributed by atoms with Crippen LogP contribution < -0.4 is 9.04 Å². The molecule has 0 aliphatic rings. The van der Waals surface area contributed by atoms with E-state index in [9.17, 15) is 13.2 Å². The lowest BCUT2D eigenvalue weighted by Gasteiger charge is -2.24. The van der Waals surface area contributed by atoms with Crippen LogP contribution in [0.3, 0.4) is 0 Å². The van der Waals surface area contributed by atoms with E-state index in [4.69, 9.17) is 16.3 Å². The number of halogens is 1. The van der Waals surface area contributed by atoms with Crippen LogP contribution in [0, 0.1) is 0 Å². The van der Waals surface area contributed by atoms with Crippen LogP contribution in [-0.2, 0) is 10.0 Å². The summed E-state index contributed by atoms with van der Waals surface area (Å²) in [5.41, 5.74) is 1.04. The van der Waals surface area contributed by atoms with Crippen molar-refractivity contribution in [2.45, 2.75) is 13.8 Å². The van der Waals surface area contributed by atoms with Crippen LogP contribution in [0.5, 0.6) is 5.75 Å². The van der Waals surface area contributed by atoms with Gasteiger partial charge in [-0.3, -0.25) is 9.10 Å². The Morgan fingerprint density at radius 3 is 2.40 bits per heavy atom. The summed E-state index contributed by atoms with van der Waals surface area (Å²) >= 11 is 5.90. The summed E-state index contributed by atoms with van der Waals surface area (Å²) in [6, 6.07) is 13.4. The third kappa shape index (κ3) is 5.21. The molecule has 0 amide bonds. The molecule has 0 heterocycles. The summed E-state index contributed by atoms with van der Waals surface area (Å²) < 4.78 is 31.7. The maximum Gasteiger partial charge on any atom is 0.234 e. The van der Waals surface area contributed by atoms with E-state index in [0.717, 1.165) is 0 Å². The number of nitrogens with zero attached hydrogens (tertiary/aromatic N) is 1. The molecule has 7 heteroatoms. The second kappa shape index (κ2) is 8.36. The van der Waals surface area contributed by atoms with Gasteiger partial charge in [-0.05, 0) is 56.3 Å². The molecule has 0 spiro atoms. The van der Waals surface area contributed by atoms with Gasteiger partial charge in [0, 0.05) is 10.6 Å². The average molecular weight is 382 g/mol. The van der Waals surface area contributed by atoms with Crippen molar-refractivity contribution < 1.29 is 17.9 Å². The zero-order valence-electron chi connectivity index (χ0n) is 14.1. The van der Waals surface area contributed by atoms with Crippen molar-refractivity contribution >= 4 is 33.1 Å². The molecule has 0 aromatic heterocycles. The fourth-order valence-corrected chi connectivity index (χ4v) is 3.54. The Kier molecular flexibility index (Phi) is 6.45. The summed E-state index contributed by atoms with van der Waals surface area (Å²) in [6.45, 7) is 3.38. The minimum atomic E-state index is -3.47. The van der Waals surface area contributed by atoms with Crippen LogP contribution in [0.1, 0.15) is 24.2 Å². The van der Waals surface area contributed by atoms with Crippen molar-refractivity contribution in [2.75, 3.05) is 23.2 Å². The molecule has 0 fully saturated rings. The monoisotopic (exact) mass is 381 g/mol. The minimum Gasteiger partial charge on any atom is -0.492 e. The normalized spacial score (nSPS) is 11.2. The van der Waals surface area contributed by atoms with E-state index < -0.39 is 10.0 Å². The van der Waals surface area contributed by atoms with Crippen molar-refractivity contribution in [1.29, 1.82) is 0 Å². The van der Waals surface area contributed by atoms with Gasteiger partial charge in [-0.1, -0.05) is 17.7 Å². The quantitative estimate of drug-likeness (QED) is 0.653. The van der Waals surface area contributed by atoms with E-state index >= 15 is 0 Å². The van der Waals surface area contributed by atoms with Gasteiger partial charge in [-0.2, -0.15) is 0 Å². The number of carbonyl (C=O) groups excluding carboxylic acids is 1. The summed E-state index contributed by atoms with van der Waals surface area (Å²) in [4.78, 5) is 11.4. The molecule has 0 bridgehead atoms. The van der Waals surface area contributed by atoms with E-state index in [0.29, 0.717) is 22.0 Å². The highest BCUT2D eigenvalue weighted by Gasteiger charge is 2.20. The van der Waals surface area contributed by atoms with Crippen LogP contribution in [-0.4, -0.2) is 33.1 Å². The molecule has 0 saturated heterocycles. The Labute approximate surface area is 153 Å². The Morgan fingerprint density at radius 1 is 1.16 bits per heavy atom. The second-order valence-electron chi connectivity index (χ2n) is 5.38. The molecule has 0 atom stereocenters. The topological polar surface area (TPSA) is 63.7 Å². The first-order valence-corrected chi connectivity index (χ1v) is 9.82. The number of benzene rings is 2. The third-order valence-electron chi connectivity index (χ3n) is 3.62. The molecule has 134 valence electrons. The molecule has 2 rings (SSSR count). The zero-order chi connectivity index (χ0) is 18.4. The van der Waals surface area contributed by atoms with Crippen LogP contribution >= 0.6 is 11.6 Å². The Hall–Kier alpha value is -2.05. The molecule has 0 aliphatic heterocycles. The number of rotatable bonds is 8. The molecular formula is C18H20ClNO4S. The Balaban J connectivity index is 2.15. The summed E-state index contributed by atoms with van der Waals surface area (Å²) in [7, 11) is -3.47. The molecule has 2 aromatic rings. The Bertz CT molecular complexity index is 834. The van der Waals surface area contributed by atoms with Gasteiger partial charge in [0.15, 0.2) is 5.78 Å². The summed E-state index contributed by atoms with van der Waals surface area (Å²) in [5.74, 6) is 0.479. The van der Waals surface area contributed by atoms with Crippen LogP contribution in [0.2, 0.25) is 5.02 Å². The van der Waals surface area contributed by atoms with Crippen molar-refractivity contribution in [3.05, 3.63) is 59.1 Å². The number of hydrogen-bond acceptors (Lipinski definition) is 4. The number of ether oxygens (including phenoxy) is 1. The van der Waals surface area contributed by atoms with Crippen LogP contribution in [0.4, 0.5) is 5.69 Å². The fourth-order valence-electron chi connectivity index (χ4n) is 2.25. The van der Waals surface area contributed by atoms with E-state index in [1.807, 2.05) is 0 Å². The molecule has 0 unspecified atom stereocenters. The molecule has 0 N–H and O–H groups in total. The molecular weight excluding hydrogens is 362 g/mol. The highest BCUT2D eigenvalue weighted by molar-refractivity contribution is 7.92. The highest BCUT2D eigenvalue weighted by Crippen LogP contribution is 2.21. The van der Waals surface area contributed by atoms with Gasteiger partial charge < -0.3 is 4.74 Å². The second-order valence-corrected chi connectivity index (χ2v) is 8.00. The van der Waals surface area contributed by atoms with Crippen molar-refractivity contribution in [1.82, 2.24) is 0 Å². The van der Waals surface area contributed by atoms with Gasteiger partial charge in [0.05, 0.1) is 18.0 Å². The number of hydrogen-bond donors (Lipinski definition) is 0. The average Bonchev–Trinajstić information content (AvgIpc) is 2.59. The van der Waals surface area contributed by atoms with Crippen molar-refractivity contribution in [2.24, 2.45) is 0 Å². The summed E-state index contributed by atoms with van der Waals surface area (Å²) in [5, 5.41) is 0.551. The highest BCUT2D eigenvalue weighted by atomic mass is 35.5. The van der Waals surface area contributed by atoms with Crippen LogP contribution in [0.15, 0.2) is 48.5 Å². The summed E-state index contributed by atoms with van der Waals surface area (Å²) in [6.07, 6.45) is 0. The molecule has 2 aromatic carbocycles. The van der Waals surface area contributed by atoms with Gasteiger partial charge in [0.2, 0.25) is 10.0 Å². The molecule has 0 saturated carbocycles. The van der Waals surface area contributed by atoms with Gasteiger partial charge in [-0.25, -0.2) is 8.42 Å². The number of Topliss-reactive ketones (excluding diaryl/α,β-unsaturated/α-hetero) is 1. The predicted octanol–water partition coefficient (Wildman–Crippen LogP) is 3.78.